The fourth-order valence-electron chi connectivity index (χ4n) is 2.31. The molecule has 0 aliphatic heterocycles. The molecule has 3 unspecified atom stereocenters. The van der Waals surface area contributed by atoms with Crippen LogP contribution in [0, 0.1) is 22.7 Å². The first-order valence-electron chi connectivity index (χ1n) is 8.44. The predicted octanol–water partition coefficient (Wildman–Crippen LogP) is 1.89. The number of aliphatic imine (C=N–C) groups is 2. The normalized spacial score (nSPS) is 15.7. The molecule has 3 atom stereocenters. The third-order valence-electron chi connectivity index (χ3n) is 4.12. The Kier molecular flexibility index (Phi) is 9.95. The summed E-state index contributed by atoms with van der Waals surface area (Å²) in [4.78, 5) is 8.11. The van der Waals surface area contributed by atoms with Crippen molar-refractivity contribution in [2.75, 3.05) is 6.54 Å². The van der Waals surface area contributed by atoms with Crippen molar-refractivity contribution >= 4 is 30.9 Å². The first-order valence-corrected chi connectivity index (χ1v) is 8.44. The molecule has 0 aromatic heterocycles. The molecule has 7 heteroatoms. The molecule has 0 aliphatic carbocycles. The standard InChI is InChI=1S/C17H34N7/c1-7-12(4)15(16(20)22-5)24(6)17(21)13(10-18)23-14(19)9-8-11(2)3/h11-13,15,20-21H,5-10,18H2,1-4H3,(H2,19,23)/q+1. The van der Waals surface area contributed by atoms with Gasteiger partial charge in [-0.25, -0.2) is 9.57 Å². The number of nitrogens with two attached hydrogens (primary N) is 2. The summed E-state index contributed by atoms with van der Waals surface area (Å²) in [5.41, 5.74) is 11.8. The molecule has 0 fully saturated rings. The molecule has 7 nitrogen and oxygen atoms in total. The Bertz CT molecular complexity index is 493. The van der Waals surface area contributed by atoms with Gasteiger partial charge in [-0.3, -0.25) is 10.4 Å². The smallest absolute Gasteiger partial charge is 0.316 e. The number of amidine groups is 3. The molecule has 0 aromatic rings. The zero-order chi connectivity index (χ0) is 18.9. The minimum absolute atomic E-state index is 0.0941. The monoisotopic (exact) mass is 336 g/mol. The second-order valence-electron chi connectivity index (χ2n) is 6.53. The third kappa shape index (κ3) is 6.70. The highest BCUT2D eigenvalue weighted by Gasteiger charge is 2.33. The van der Waals surface area contributed by atoms with Crippen LogP contribution in [-0.2, 0) is 0 Å². The van der Waals surface area contributed by atoms with Crippen molar-refractivity contribution in [1.29, 1.82) is 10.8 Å². The Morgan fingerprint density at radius 1 is 1.25 bits per heavy atom. The molecule has 136 valence electrons. The molecule has 0 aliphatic rings. The molecule has 0 radical (unpaired) electrons. The lowest BCUT2D eigenvalue weighted by Crippen LogP contribution is -2.46. The summed E-state index contributed by atoms with van der Waals surface area (Å²) in [6.45, 7) is 15.8. The minimum atomic E-state index is -0.571. The minimum Gasteiger partial charge on any atom is -0.387 e. The molecule has 0 spiro atoms. The fourth-order valence-corrected chi connectivity index (χ4v) is 2.31. The van der Waals surface area contributed by atoms with Crippen molar-refractivity contribution in [3.05, 3.63) is 0 Å². The van der Waals surface area contributed by atoms with Gasteiger partial charge in [-0.2, -0.15) is 0 Å². The average molecular weight is 337 g/mol. The van der Waals surface area contributed by atoms with Crippen LogP contribution in [0.3, 0.4) is 0 Å². The number of hydrogen-bond donors (Lipinski definition) is 4. The Balaban J connectivity index is 5.29. The van der Waals surface area contributed by atoms with Gasteiger partial charge in [0.15, 0.2) is 17.9 Å². The summed E-state index contributed by atoms with van der Waals surface area (Å²) in [6, 6.07) is -1.00. The van der Waals surface area contributed by atoms with Gasteiger partial charge < -0.3 is 11.5 Å². The van der Waals surface area contributed by atoms with Crippen LogP contribution in [-0.4, -0.2) is 54.1 Å². The maximum Gasteiger partial charge on any atom is 0.316 e. The van der Waals surface area contributed by atoms with Crippen LogP contribution >= 0.6 is 0 Å². The Hall–Kier alpha value is -1.89. The van der Waals surface area contributed by atoms with Gasteiger partial charge in [0.25, 0.3) is 0 Å². The largest absolute Gasteiger partial charge is 0.387 e. The van der Waals surface area contributed by atoms with Gasteiger partial charge in [-0.1, -0.05) is 27.7 Å². The van der Waals surface area contributed by atoms with E-state index in [1.54, 1.807) is 0 Å². The van der Waals surface area contributed by atoms with E-state index in [1.165, 1.54) is 4.58 Å². The van der Waals surface area contributed by atoms with Crippen LogP contribution in [0.1, 0.15) is 47.0 Å². The molecule has 0 saturated carbocycles. The molecular formula is C17H34N7+. The lowest BCUT2D eigenvalue weighted by Gasteiger charge is -2.23. The first-order chi connectivity index (χ1) is 11.2. The highest BCUT2D eigenvalue weighted by atomic mass is 15.1. The van der Waals surface area contributed by atoms with Gasteiger partial charge in [0, 0.05) is 18.9 Å². The zero-order valence-electron chi connectivity index (χ0n) is 15.5. The molecule has 0 saturated heterocycles. The van der Waals surface area contributed by atoms with Crippen molar-refractivity contribution in [2.45, 2.75) is 59.0 Å². The second-order valence-corrected chi connectivity index (χ2v) is 6.53. The van der Waals surface area contributed by atoms with E-state index in [4.69, 9.17) is 22.3 Å². The molecule has 0 amide bonds. The van der Waals surface area contributed by atoms with E-state index in [1.807, 2.05) is 13.8 Å². The van der Waals surface area contributed by atoms with E-state index in [0.717, 1.165) is 12.8 Å². The molecule has 24 heavy (non-hydrogen) atoms. The SMILES string of the molecule is C=NC(=N)C(C(C)CC)[N+](=C)C(=N)C(CN)N=C(N)CCC(C)C. The van der Waals surface area contributed by atoms with Gasteiger partial charge in [-0.05, 0) is 25.5 Å². The van der Waals surface area contributed by atoms with Gasteiger partial charge >= 0.3 is 5.84 Å². The predicted molar refractivity (Wildman–Crippen MR) is 104 cm³/mol. The van der Waals surface area contributed by atoms with Crippen LogP contribution < -0.4 is 11.5 Å². The van der Waals surface area contributed by atoms with Gasteiger partial charge in [0.1, 0.15) is 0 Å². The van der Waals surface area contributed by atoms with Gasteiger partial charge in [0.05, 0.1) is 12.6 Å². The van der Waals surface area contributed by atoms with Crippen molar-refractivity contribution < 1.29 is 4.58 Å². The van der Waals surface area contributed by atoms with Crippen molar-refractivity contribution in [3.8, 4) is 0 Å². The lowest BCUT2D eigenvalue weighted by molar-refractivity contribution is -0.439. The van der Waals surface area contributed by atoms with Crippen LogP contribution in [0.15, 0.2) is 9.98 Å². The summed E-state index contributed by atoms with van der Waals surface area (Å²) in [6.07, 6.45) is 2.45. The lowest BCUT2D eigenvalue weighted by atomic mass is 9.97. The van der Waals surface area contributed by atoms with Crippen LogP contribution in [0.25, 0.3) is 0 Å². The fraction of sp³-hybridized carbons (Fsp3) is 0.706. The topological polar surface area (TPSA) is 127 Å². The van der Waals surface area contributed by atoms with Crippen LogP contribution in [0.5, 0.6) is 0 Å². The van der Waals surface area contributed by atoms with Crippen molar-refractivity contribution in [1.82, 2.24) is 0 Å². The second kappa shape index (κ2) is 10.8. The number of nitrogens with zero attached hydrogens (tertiary/aromatic N) is 3. The molecule has 0 rings (SSSR count). The first kappa shape index (κ1) is 22.1. The Labute approximate surface area is 146 Å². The Morgan fingerprint density at radius 2 is 1.83 bits per heavy atom. The van der Waals surface area contributed by atoms with E-state index in [0.29, 0.717) is 18.2 Å². The van der Waals surface area contributed by atoms with E-state index in [2.05, 4.69) is 37.3 Å². The van der Waals surface area contributed by atoms with Crippen LogP contribution in [0.2, 0.25) is 0 Å². The van der Waals surface area contributed by atoms with Gasteiger partial charge in [-0.15, -0.1) is 5.41 Å². The maximum atomic E-state index is 8.39. The zero-order valence-corrected chi connectivity index (χ0v) is 15.5. The van der Waals surface area contributed by atoms with Crippen molar-refractivity contribution in [2.24, 2.45) is 33.3 Å². The quantitative estimate of drug-likeness (QED) is 0.276. The van der Waals surface area contributed by atoms with E-state index >= 15 is 0 Å². The van der Waals surface area contributed by atoms with E-state index in [9.17, 15) is 0 Å². The molecular weight excluding hydrogens is 302 g/mol. The van der Waals surface area contributed by atoms with Crippen LogP contribution in [0.4, 0.5) is 0 Å². The highest BCUT2D eigenvalue weighted by Crippen LogP contribution is 2.14. The third-order valence-corrected chi connectivity index (χ3v) is 4.12. The maximum absolute atomic E-state index is 8.39. The Morgan fingerprint density at radius 3 is 2.25 bits per heavy atom. The summed E-state index contributed by atoms with van der Waals surface area (Å²) in [5.74, 6) is 1.36. The highest BCUT2D eigenvalue weighted by molar-refractivity contribution is 5.91. The molecule has 6 N–H and O–H groups in total. The summed E-state index contributed by atoms with van der Waals surface area (Å²) in [5, 5.41) is 16.4. The molecule has 0 heterocycles. The van der Waals surface area contributed by atoms with Crippen molar-refractivity contribution in [3.63, 3.8) is 0 Å². The van der Waals surface area contributed by atoms with Gasteiger partial charge in [0.2, 0.25) is 0 Å². The number of hydrogen-bond acceptors (Lipinski definition) is 4. The average Bonchev–Trinajstić information content (AvgIpc) is 2.56. The van der Waals surface area contributed by atoms with E-state index < -0.39 is 12.1 Å². The molecule has 0 bridgehead atoms. The van der Waals surface area contributed by atoms with E-state index in [-0.39, 0.29) is 24.1 Å². The summed E-state index contributed by atoms with van der Waals surface area (Å²) < 4.78 is 1.47. The number of rotatable bonds is 10. The number of nitrogens with one attached hydrogen (secondary N) is 2. The summed E-state index contributed by atoms with van der Waals surface area (Å²) >= 11 is 0. The summed E-state index contributed by atoms with van der Waals surface area (Å²) in [7, 11) is 0. The molecule has 0 aromatic carbocycles.